The van der Waals surface area contributed by atoms with Crippen LogP contribution in [0.3, 0.4) is 0 Å². The number of carbonyl (C=O) groups excluding carboxylic acids is 3. The van der Waals surface area contributed by atoms with Gasteiger partial charge in [-0.15, -0.1) is 0 Å². The van der Waals surface area contributed by atoms with E-state index in [1.54, 1.807) is 18.3 Å². The van der Waals surface area contributed by atoms with Crippen molar-refractivity contribution in [2.24, 2.45) is 0 Å². The molecule has 3 amide bonds. The van der Waals surface area contributed by atoms with Crippen LogP contribution < -0.4 is 21.3 Å². The van der Waals surface area contributed by atoms with Gasteiger partial charge in [0.1, 0.15) is 17.8 Å². The predicted octanol–water partition coefficient (Wildman–Crippen LogP) is 0.581. The topological polar surface area (TPSA) is 173 Å². The number of aromatic hydroxyl groups is 1. The second-order valence-corrected chi connectivity index (χ2v) is 9.32. The third-order valence-electron chi connectivity index (χ3n) is 6.54. The van der Waals surface area contributed by atoms with E-state index >= 15 is 0 Å². The number of H-pyrrole nitrogens is 1. The zero-order chi connectivity index (χ0) is 27.1. The third-order valence-corrected chi connectivity index (χ3v) is 6.54. The summed E-state index contributed by atoms with van der Waals surface area (Å²) in [6.45, 7) is 0.427. The number of nitrogens with one attached hydrogen (secondary N) is 5. The van der Waals surface area contributed by atoms with E-state index in [1.807, 2.05) is 24.3 Å². The van der Waals surface area contributed by atoms with Gasteiger partial charge < -0.3 is 36.5 Å². The maximum Gasteiger partial charge on any atom is 0.326 e. The van der Waals surface area contributed by atoms with Crippen LogP contribution in [0.25, 0.3) is 10.9 Å². The van der Waals surface area contributed by atoms with E-state index in [0.717, 1.165) is 29.4 Å². The number of para-hydroxylation sites is 1. The summed E-state index contributed by atoms with van der Waals surface area (Å²) in [5.74, 6) is -2.71. The van der Waals surface area contributed by atoms with Gasteiger partial charge in [-0.25, -0.2) is 4.79 Å². The minimum atomic E-state index is -1.26. The molecule has 0 saturated carbocycles. The number of hydrogen-bond donors (Lipinski definition) is 7. The van der Waals surface area contributed by atoms with Gasteiger partial charge in [-0.2, -0.15) is 0 Å². The summed E-state index contributed by atoms with van der Waals surface area (Å²) in [5, 5.41) is 30.9. The Bertz CT molecular complexity index is 1300. The largest absolute Gasteiger partial charge is 0.508 e. The van der Waals surface area contributed by atoms with Crippen LogP contribution in [0.1, 0.15) is 24.0 Å². The van der Waals surface area contributed by atoms with E-state index in [-0.39, 0.29) is 37.1 Å². The number of aromatic amines is 1. The monoisotopic (exact) mass is 521 g/mol. The second-order valence-electron chi connectivity index (χ2n) is 9.32. The first kappa shape index (κ1) is 26.7. The fourth-order valence-electron chi connectivity index (χ4n) is 4.51. The normalized spacial score (nSPS) is 16.5. The molecule has 4 rings (SSSR count). The Kier molecular flexibility index (Phi) is 8.59. The lowest BCUT2D eigenvalue weighted by Crippen LogP contribution is -2.54. The molecule has 0 bridgehead atoms. The van der Waals surface area contributed by atoms with Crippen molar-refractivity contribution in [1.29, 1.82) is 0 Å². The molecule has 1 fully saturated rings. The van der Waals surface area contributed by atoms with Gasteiger partial charge in [0.05, 0.1) is 12.6 Å². The summed E-state index contributed by atoms with van der Waals surface area (Å²) >= 11 is 0. The van der Waals surface area contributed by atoms with Gasteiger partial charge in [-0.1, -0.05) is 30.3 Å². The van der Waals surface area contributed by atoms with Crippen LogP contribution in [0.5, 0.6) is 5.75 Å². The zero-order valence-electron chi connectivity index (χ0n) is 20.7. The van der Waals surface area contributed by atoms with Crippen LogP contribution >= 0.6 is 0 Å². The summed E-state index contributed by atoms with van der Waals surface area (Å²) in [5.41, 5.74) is 2.24. The molecule has 3 atom stereocenters. The maximum atomic E-state index is 13.3. The molecule has 3 unspecified atom stereocenters. The van der Waals surface area contributed by atoms with Crippen LogP contribution in [-0.4, -0.2) is 70.1 Å². The van der Waals surface area contributed by atoms with Crippen LogP contribution in [0, 0.1) is 0 Å². The smallest absolute Gasteiger partial charge is 0.326 e. The van der Waals surface area contributed by atoms with Gasteiger partial charge in [0, 0.05) is 29.9 Å². The number of rotatable bonds is 11. The third kappa shape index (κ3) is 6.88. The molecule has 2 aromatic carbocycles. The summed E-state index contributed by atoms with van der Waals surface area (Å²) < 4.78 is 0. The molecule has 3 aromatic rings. The Balaban J connectivity index is 1.47. The molecular weight excluding hydrogens is 490 g/mol. The quantitative estimate of drug-likeness (QED) is 0.193. The first-order valence-corrected chi connectivity index (χ1v) is 12.5. The van der Waals surface area contributed by atoms with Crippen molar-refractivity contribution in [1.82, 2.24) is 26.3 Å². The molecule has 2 heterocycles. The molecule has 0 radical (unpaired) electrons. The van der Waals surface area contributed by atoms with Crippen molar-refractivity contribution in [3.63, 3.8) is 0 Å². The number of phenols is 1. The maximum absolute atomic E-state index is 13.3. The molecule has 200 valence electrons. The number of aliphatic carboxylic acids is 1. The Morgan fingerprint density at radius 2 is 1.74 bits per heavy atom. The Morgan fingerprint density at radius 3 is 2.45 bits per heavy atom. The summed E-state index contributed by atoms with van der Waals surface area (Å²) in [4.78, 5) is 53.4. The Labute approximate surface area is 219 Å². The van der Waals surface area contributed by atoms with Crippen molar-refractivity contribution in [3.05, 3.63) is 65.9 Å². The minimum Gasteiger partial charge on any atom is -0.508 e. The first-order valence-electron chi connectivity index (χ1n) is 12.5. The average molecular weight is 522 g/mol. The van der Waals surface area contributed by atoms with Crippen LogP contribution in [0.4, 0.5) is 0 Å². The zero-order valence-corrected chi connectivity index (χ0v) is 20.7. The number of hydrogen-bond acceptors (Lipinski definition) is 6. The molecule has 1 aromatic heterocycles. The number of amides is 3. The van der Waals surface area contributed by atoms with E-state index in [0.29, 0.717) is 12.0 Å². The van der Waals surface area contributed by atoms with E-state index < -0.39 is 29.9 Å². The van der Waals surface area contributed by atoms with E-state index in [4.69, 9.17) is 0 Å². The highest BCUT2D eigenvalue weighted by atomic mass is 16.4. The van der Waals surface area contributed by atoms with Crippen molar-refractivity contribution >= 4 is 34.6 Å². The first-order chi connectivity index (χ1) is 18.3. The van der Waals surface area contributed by atoms with E-state index in [1.165, 1.54) is 12.1 Å². The number of aromatic nitrogens is 1. The second kappa shape index (κ2) is 12.2. The molecule has 11 nitrogen and oxygen atoms in total. The predicted molar refractivity (Wildman–Crippen MR) is 139 cm³/mol. The lowest BCUT2D eigenvalue weighted by molar-refractivity contribution is -0.142. The van der Waals surface area contributed by atoms with Gasteiger partial charge in [0.25, 0.3) is 0 Å². The van der Waals surface area contributed by atoms with Crippen molar-refractivity contribution < 1.29 is 29.4 Å². The number of phenolic OH excluding ortho intramolecular Hbond substituents is 1. The highest BCUT2D eigenvalue weighted by molar-refractivity contribution is 5.93. The van der Waals surface area contributed by atoms with Crippen LogP contribution in [0.15, 0.2) is 54.7 Å². The van der Waals surface area contributed by atoms with E-state index in [9.17, 15) is 29.4 Å². The molecule has 11 heteroatoms. The molecule has 1 aliphatic heterocycles. The molecule has 0 aliphatic carbocycles. The number of carboxylic acid groups (broad SMARTS) is 1. The highest BCUT2D eigenvalue weighted by Gasteiger charge is 2.28. The summed E-state index contributed by atoms with van der Waals surface area (Å²) in [7, 11) is 0. The number of benzene rings is 2. The summed E-state index contributed by atoms with van der Waals surface area (Å²) in [6, 6.07) is 10.8. The van der Waals surface area contributed by atoms with Gasteiger partial charge in [-0.05, 0) is 48.7 Å². The minimum absolute atomic E-state index is 0.0143. The van der Waals surface area contributed by atoms with Gasteiger partial charge in [0.15, 0.2) is 0 Å². The van der Waals surface area contributed by atoms with Crippen molar-refractivity contribution in [2.75, 3.05) is 13.1 Å². The number of carboxylic acids is 1. The number of fused-ring (bicyclic) bond motifs is 1. The Hall–Kier alpha value is -4.38. The standard InChI is InChI=1S/C27H31N5O6/c33-18-9-7-16(8-10-18)12-23(27(37)38)32-26(36)22(13-17-14-29-20-5-2-1-4-19(17)20)31-24(34)15-30-25(35)21-6-3-11-28-21/h1-2,4-5,7-10,14,21-23,28-29,33H,3,6,11-13,15H2,(H,30,35)(H,31,34)(H,32,36)(H,37,38). The molecular formula is C27H31N5O6. The molecule has 1 aliphatic rings. The summed E-state index contributed by atoms with van der Waals surface area (Å²) in [6.07, 6.45) is 3.41. The Morgan fingerprint density at radius 1 is 0.974 bits per heavy atom. The average Bonchev–Trinajstić information content (AvgIpc) is 3.58. The lowest BCUT2D eigenvalue weighted by atomic mass is 10.0. The highest BCUT2D eigenvalue weighted by Crippen LogP contribution is 2.19. The van der Waals surface area contributed by atoms with Crippen LogP contribution in [-0.2, 0) is 32.0 Å². The lowest BCUT2D eigenvalue weighted by Gasteiger charge is -2.22. The van der Waals surface area contributed by atoms with Crippen LogP contribution in [0.2, 0.25) is 0 Å². The van der Waals surface area contributed by atoms with E-state index in [2.05, 4.69) is 26.3 Å². The molecule has 1 saturated heterocycles. The fraction of sp³-hybridized carbons (Fsp3) is 0.333. The van der Waals surface area contributed by atoms with Crippen molar-refractivity contribution in [3.8, 4) is 5.75 Å². The number of carbonyl (C=O) groups is 4. The SMILES string of the molecule is O=C(CNC(=O)C1CCCN1)NC(Cc1c[nH]c2ccccc12)C(=O)NC(Cc1ccc(O)cc1)C(=O)O. The fourth-order valence-corrected chi connectivity index (χ4v) is 4.51. The molecule has 38 heavy (non-hydrogen) atoms. The molecule has 7 N–H and O–H groups in total. The van der Waals surface area contributed by atoms with Gasteiger partial charge in [-0.3, -0.25) is 14.4 Å². The van der Waals surface area contributed by atoms with Gasteiger partial charge in [0.2, 0.25) is 17.7 Å². The van der Waals surface area contributed by atoms with Gasteiger partial charge >= 0.3 is 5.97 Å². The molecule has 0 spiro atoms. The van der Waals surface area contributed by atoms with Crippen molar-refractivity contribution in [2.45, 2.75) is 43.8 Å².